The van der Waals surface area contributed by atoms with Crippen LogP contribution in [0.25, 0.3) is 0 Å². The van der Waals surface area contributed by atoms with Crippen LogP contribution in [0, 0.1) is 0 Å². The standard InChI is InChI=1S/C18H21ClN4O4S/c19-15-2-1-3-16(12-15)28(26,27)23-11-7-17(24)21-10-6-18(25)22-13-14-4-8-20-9-5-14/h1-5,8-9,12,23H,6-7,10-11,13H2,(H,21,24)(H,22,25). The number of amides is 2. The third-order valence-corrected chi connectivity index (χ3v) is 5.36. The monoisotopic (exact) mass is 424 g/mol. The van der Waals surface area contributed by atoms with Crippen LogP contribution >= 0.6 is 11.6 Å². The van der Waals surface area contributed by atoms with E-state index >= 15 is 0 Å². The van der Waals surface area contributed by atoms with E-state index in [0.29, 0.717) is 11.6 Å². The summed E-state index contributed by atoms with van der Waals surface area (Å²) in [5, 5.41) is 5.63. The van der Waals surface area contributed by atoms with Crippen LogP contribution in [-0.2, 0) is 26.2 Å². The summed E-state index contributed by atoms with van der Waals surface area (Å²) in [6, 6.07) is 9.44. The summed E-state index contributed by atoms with van der Waals surface area (Å²) in [6.45, 7) is 0.498. The number of hydrogen-bond acceptors (Lipinski definition) is 5. The van der Waals surface area contributed by atoms with Crippen LogP contribution < -0.4 is 15.4 Å². The first-order valence-electron chi connectivity index (χ1n) is 8.54. The molecular formula is C18H21ClN4O4S. The average Bonchev–Trinajstić information content (AvgIpc) is 2.67. The lowest BCUT2D eigenvalue weighted by atomic mass is 10.2. The Morgan fingerprint density at radius 1 is 0.964 bits per heavy atom. The second kappa shape index (κ2) is 10.7. The van der Waals surface area contributed by atoms with Gasteiger partial charge in [0, 0.05) is 49.9 Å². The summed E-state index contributed by atoms with van der Waals surface area (Å²) in [5.41, 5.74) is 0.930. The number of halogens is 1. The Morgan fingerprint density at radius 2 is 1.64 bits per heavy atom. The molecule has 8 nitrogen and oxygen atoms in total. The molecule has 150 valence electrons. The molecule has 10 heteroatoms. The van der Waals surface area contributed by atoms with Gasteiger partial charge in [0.05, 0.1) is 4.90 Å². The summed E-state index contributed by atoms with van der Waals surface area (Å²) in [6.07, 6.45) is 3.37. The molecule has 0 bridgehead atoms. The Balaban J connectivity index is 1.62. The quantitative estimate of drug-likeness (QED) is 0.530. The SMILES string of the molecule is O=C(CCNS(=O)(=O)c1cccc(Cl)c1)NCCC(=O)NCc1ccncc1. The van der Waals surface area contributed by atoms with E-state index in [4.69, 9.17) is 11.6 Å². The number of rotatable bonds is 10. The Labute approximate surface area is 168 Å². The maximum absolute atomic E-state index is 12.1. The second-order valence-electron chi connectivity index (χ2n) is 5.84. The number of carbonyl (C=O) groups excluding carboxylic acids is 2. The van der Waals surface area contributed by atoms with Crippen molar-refractivity contribution >= 4 is 33.4 Å². The van der Waals surface area contributed by atoms with Gasteiger partial charge in [0.25, 0.3) is 0 Å². The van der Waals surface area contributed by atoms with Crippen LogP contribution in [0.4, 0.5) is 0 Å². The number of pyridine rings is 1. The van der Waals surface area contributed by atoms with Gasteiger partial charge in [0.15, 0.2) is 0 Å². The highest BCUT2D eigenvalue weighted by atomic mass is 35.5. The van der Waals surface area contributed by atoms with Crippen molar-refractivity contribution in [3.05, 3.63) is 59.4 Å². The normalized spacial score (nSPS) is 11.0. The van der Waals surface area contributed by atoms with Crippen molar-refractivity contribution in [2.75, 3.05) is 13.1 Å². The fourth-order valence-electron chi connectivity index (χ4n) is 2.21. The average molecular weight is 425 g/mol. The molecule has 1 aromatic carbocycles. The highest BCUT2D eigenvalue weighted by molar-refractivity contribution is 7.89. The number of nitrogens with one attached hydrogen (secondary N) is 3. The van der Waals surface area contributed by atoms with Gasteiger partial charge in [-0.1, -0.05) is 17.7 Å². The summed E-state index contributed by atoms with van der Waals surface area (Å²) in [5.74, 6) is -0.547. The van der Waals surface area contributed by atoms with Crippen LogP contribution in [-0.4, -0.2) is 38.3 Å². The molecule has 0 saturated heterocycles. The van der Waals surface area contributed by atoms with E-state index in [1.165, 1.54) is 18.2 Å². The zero-order valence-electron chi connectivity index (χ0n) is 15.0. The number of nitrogens with zero attached hydrogens (tertiary/aromatic N) is 1. The lowest BCUT2D eigenvalue weighted by Gasteiger charge is -2.08. The van der Waals surface area contributed by atoms with Gasteiger partial charge in [0.2, 0.25) is 21.8 Å². The Morgan fingerprint density at radius 3 is 2.36 bits per heavy atom. The zero-order chi connectivity index (χ0) is 20.4. The first kappa shape index (κ1) is 21.8. The largest absolute Gasteiger partial charge is 0.356 e. The Bertz CT molecular complexity index is 907. The molecule has 28 heavy (non-hydrogen) atoms. The molecule has 1 aromatic heterocycles. The number of sulfonamides is 1. The number of carbonyl (C=O) groups is 2. The molecule has 3 N–H and O–H groups in total. The molecule has 0 saturated carbocycles. The van der Waals surface area contributed by atoms with E-state index in [1.807, 2.05) is 0 Å². The third kappa shape index (κ3) is 7.63. The van der Waals surface area contributed by atoms with Gasteiger partial charge in [-0.05, 0) is 35.9 Å². The molecule has 0 radical (unpaired) electrons. The Kier molecular flexibility index (Phi) is 8.37. The van der Waals surface area contributed by atoms with Gasteiger partial charge >= 0.3 is 0 Å². The van der Waals surface area contributed by atoms with E-state index in [1.54, 1.807) is 30.6 Å². The molecule has 2 amide bonds. The van der Waals surface area contributed by atoms with Crippen molar-refractivity contribution in [1.82, 2.24) is 20.3 Å². The smallest absolute Gasteiger partial charge is 0.240 e. The first-order chi connectivity index (χ1) is 13.4. The van der Waals surface area contributed by atoms with Crippen molar-refractivity contribution in [1.29, 1.82) is 0 Å². The van der Waals surface area contributed by atoms with Crippen molar-refractivity contribution in [2.45, 2.75) is 24.3 Å². The molecule has 0 spiro atoms. The molecule has 0 aliphatic heterocycles. The maximum Gasteiger partial charge on any atom is 0.240 e. The van der Waals surface area contributed by atoms with E-state index in [-0.39, 0.29) is 42.6 Å². The molecule has 0 aliphatic rings. The van der Waals surface area contributed by atoms with Crippen LogP contribution in [0.1, 0.15) is 18.4 Å². The topological polar surface area (TPSA) is 117 Å². The Hall–Kier alpha value is -2.49. The molecule has 2 aromatic rings. The summed E-state index contributed by atoms with van der Waals surface area (Å²) in [7, 11) is -3.73. The van der Waals surface area contributed by atoms with Gasteiger partial charge < -0.3 is 10.6 Å². The van der Waals surface area contributed by atoms with Crippen LogP contribution in [0.2, 0.25) is 5.02 Å². The molecule has 0 unspecified atom stereocenters. The van der Waals surface area contributed by atoms with E-state index in [9.17, 15) is 18.0 Å². The minimum Gasteiger partial charge on any atom is -0.356 e. The number of hydrogen-bond donors (Lipinski definition) is 3. The summed E-state index contributed by atoms with van der Waals surface area (Å²) >= 11 is 5.78. The van der Waals surface area contributed by atoms with Gasteiger partial charge in [-0.25, -0.2) is 13.1 Å². The minimum atomic E-state index is -3.73. The predicted molar refractivity (Wildman–Crippen MR) is 105 cm³/mol. The van der Waals surface area contributed by atoms with Crippen molar-refractivity contribution < 1.29 is 18.0 Å². The van der Waals surface area contributed by atoms with Gasteiger partial charge in [-0.3, -0.25) is 14.6 Å². The fourth-order valence-corrected chi connectivity index (χ4v) is 3.54. The molecular weight excluding hydrogens is 404 g/mol. The van der Waals surface area contributed by atoms with E-state index < -0.39 is 10.0 Å². The third-order valence-electron chi connectivity index (χ3n) is 3.66. The van der Waals surface area contributed by atoms with E-state index in [0.717, 1.165) is 5.56 Å². The van der Waals surface area contributed by atoms with Gasteiger partial charge in [0.1, 0.15) is 0 Å². The number of benzene rings is 1. The lowest BCUT2D eigenvalue weighted by molar-refractivity contribution is -0.122. The highest BCUT2D eigenvalue weighted by Gasteiger charge is 2.14. The molecule has 0 atom stereocenters. The van der Waals surface area contributed by atoms with E-state index in [2.05, 4.69) is 20.3 Å². The van der Waals surface area contributed by atoms with Gasteiger partial charge in [-0.2, -0.15) is 0 Å². The first-order valence-corrected chi connectivity index (χ1v) is 10.4. The summed E-state index contributed by atoms with van der Waals surface area (Å²) in [4.78, 5) is 27.4. The second-order valence-corrected chi connectivity index (χ2v) is 8.04. The maximum atomic E-state index is 12.1. The van der Waals surface area contributed by atoms with Crippen molar-refractivity contribution in [3.8, 4) is 0 Å². The fraction of sp³-hybridized carbons (Fsp3) is 0.278. The van der Waals surface area contributed by atoms with Crippen molar-refractivity contribution in [2.24, 2.45) is 0 Å². The van der Waals surface area contributed by atoms with Crippen LogP contribution in [0.5, 0.6) is 0 Å². The molecule has 0 fully saturated rings. The van der Waals surface area contributed by atoms with Crippen LogP contribution in [0.3, 0.4) is 0 Å². The number of aromatic nitrogens is 1. The van der Waals surface area contributed by atoms with Crippen molar-refractivity contribution in [3.63, 3.8) is 0 Å². The highest BCUT2D eigenvalue weighted by Crippen LogP contribution is 2.14. The molecule has 2 rings (SSSR count). The molecule has 0 aliphatic carbocycles. The van der Waals surface area contributed by atoms with Crippen LogP contribution in [0.15, 0.2) is 53.7 Å². The predicted octanol–water partition coefficient (Wildman–Crippen LogP) is 1.23. The van der Waals surface area contributed by atoms with Gasteiger partial charge in [-0.15, -0.1) is 0 Å². The lowest BCUT2D eigenvalue weighted by Crippen LogP contribution is -2.33. The minimum absolute atomic E-state index is 0.0336. The molecule has 1 heterocycles. The zero-order valence-corrected chi connectivity index (χ0v) is 16.6. The summed E-state index contributed by atoms with van der Waals surface area (Å²) < 4.78 is 26.5.